The summed E-state index contributed by atoms with van der Waals surface area (Å²) in [7, 11) is 0. The number of ether oxygens (including phenoxy) is 2. The quantitative estimate of drug-likeness (QED) is 0.705. The van der Waals surface area contributed by atoms with E-state index in [-0.39, 0.29) is 12.0 Å². The third-order valence-electron chi connectivity index (χ3n) is 4.14. The molecule has 1 amide bonds. The Bertz CT molecular complexity index is 861. The molecule has 2 aromatic carbocycles. The fourth-order valence-electron chi connectivity index (χ4n) is 2.74. The standard InChI is InChI=1S/C21H18N2O3/c24-21(23-14-19(15-23)26-20-8-4-5-13-22-20)16-9-11-18(12-10-16)25-17-6-2-1-3-7-17/h1-13,19H,14-15H2. The summed E-state index contributed by atoms with van der Waals surface area (Å²) in [6.45, 7) is 1.13. The molecule has 1 aromatic heterocycles. The summed E-state index contributed by atoms with van der Waals surface area (Å²) in [5.41, 5.74) is 0.640. The van der Waals surface area contributed by atoms with Crippen LogP contribution in [0.1, 0.15) is 10.4 Å². The van der Waals surface area contributed by atoms with Crippen LogP contribution in [-0.2, 0) is 0 Å². The minimum Gasteiger partial charge on any atom is -0.471 e. The number of hydrogen-bond donors (Lipinski definition) is 0. The molecule has 130 valence electrons. The summed E-state index contributed by atoms with van der Waals surface area (Å²) >= 11 is 0. The van der Waals surface area contributed by atoms with Gasteiger partial charge in [-0.2, -0.15) is 0 Å². The maximum atomic E-state index is 12.5. The number of likely N-dealkylation sites (tertiary alicyclic amines) is 1. The second-order valence-corrected chi connectivity index (χ2v) is 6.06. The van der Waals surface area contributed by atoms with Gasteiger partial charge in [-0.15, -0.1) is 0 Å². The maximum Gasteiger partial charge on any atom is 0.254 e. The third-order valence-corrected chi connectivity index (χ3v) is 4.14. The van der Waals surface area contributed by atoms with Gasteiger partial charge in [0.1, 0.15) is 17.6 Å². The van der Waals surface area contributed by atoms with Gasteiger partial charge in [0.25, 0.3) is 5.91 Å². The second-order valence-electron chi connectivity index (χ2n) is 6.06. The molecule has 1 fully saturated rings. The van der Waals surface area contributed by atoms with E-state index in [1.165, 1.54) is 0 Å². The Morgan fingerprint density at radius 3 is 2.27 bits per heavy atom. The zero-order valence-electron chi connectivity index (χ0n) is 14.1. The molecule has 0 N–H and O–H groups in total. The van der Waals surface area contributed by atoms with Crippen LogP contribution in [0.3, 0.4) is 0 Å². The van der Waals surface area contributed by atoms with Crippen LogP contribution in [0.4, 0.5) is 0 Å². The van der Waals surface area contributed by atoms with Crippen molar-refractivity contribution in [2.24, 2.45) is 0 Å². The Balaban J connectivity index is 1.31. The van der Waals surface area contributed by atoms with Crippen molar-refractivity contribution in [1.82, 2.24) is 9.88 Å². The number of benzene rings is 2. The predicted molar refractivity (Wildman–Crippen MR) is 97.5 cm³/mol. The number of nitrogens with zero attached hydrogens (tertiary/aromatic N) is 2. The van der Waals surface area contributed by atoms with E-state index in [1.54, 1.807) is 23.2 Å². The summed E-state index contributed by atoms with van der Waals surface area (Å²) < 4.78 is 11.5. The SMILES string of the molecule is O=C(c1ccc(Oc2ccccc2)cc1)N1CC(Oc2ccccn2)C1. The lowest BCUT2D eigenvalue weighted by Crippen LogP contribution is -2.56. The number of hydrogen-bond acceptors (Lipinski definition) is 4. The van der Waals surface area contributed by atoms with Gasteiger partial charge >= 0.3 is 0 Å². The lowest BCUT2D eigenvalue weighted by atomic mass is 10.1. The van der Waals surface area contributed by atoms with Gasteiger partial charge in [0, 0.05) is 17.8 Å². The van der Waals surface area contributed by atoms with Crippen molar-refractivity contribution in [3.8, 4) is 17.4 Å². The Kier molecular flexibility index (Phi) is 4.51. The van der Waals surface area contributed by atoms with Crippen LogP contribution in [0.25, 0.3) is 0 Å². The number of amides is 1. The molecule has 5 heteroatoms. The van der Waals surface area contributed by atoms with E-state index in [0.717, 1.165) is 5.75 Å². The minimum absolute atomic E-state index is 0.00266. The van der Waals surface area contributed by atoms with Crippen LogP contribution >= 0.6 is 0 Å². The van der Waals surface area contributed by atoms with E-state index >= 15 is 0 Å². The molecular formula is C21H18N2O3. The van der Waals surface area contributed by atoms with Gasteiger partial charge in [0.15, 0.2) is 0 Å². The molecule has 4 rings (SSSR count). The number of para-hydroxylation sites is 1. The van der Waals surface area contributed by atoms with E-state index in [9.17, 15) is 4.79 Å². The van der Waals surface area contributed by atoms with Crippen molar-refractivity contribution in [2.75, 3.05) is 13.1 Å². The topological polar surface area (TPSA) is 51.7 Å². The maximum absolute atomic E-state index is 12.5. The predicted octanol–water partition coefficient (Wildman–Crippen LogP) is 3.78. The average molecular weight is 346 g/mol. The highest BCUT2D eigenvalue weighted by molar-refractivity contribution is 5.94. The second kappa shape index (κ2) is 7.27. The monoisotopic (exact) mass is 346 g/mol. The third kappa shape index (κ3) is 3.67. The summed E-state index contributed by atoms with van der Waals surface area (Å²) in [6, 6.07) is 22.3. The highest BCUT2D eigenvalue weighted by atomic mass is 16.5. The van der Waals surface area contributed by atoms with E-state index in [4.69, 9.17) is 9.47 Å². The molecule has 0 saturated carbocycles. The molecule has 0 spiro atoms. The van der Waals surface area contributed by atoms with Gasteiger partial charge < -0.3 is 14.4 Å². The summed E-state index contributed by atoms with van der Waals surface area (Å²) in [4.78, 5) is 18.4. The number of rotatable bonds is 5. The summed E-state index contributed by atoms with van der Waals surface area (Å²) in [5, 5.41) is 0. The molecule has 0 aliphatic carbocycles. The number of pyridine rings is 1. The van der Waals surface area contributed by atoms with Gasteiger partial charge in [-0.05, 0) is 42.5 Å². The van der Waals surface area contributed by atoms with Crippen molar-refractivity contribution in [3.05, 3.63) is 84.6 Å². The number of aromatic nitrogens is 1. The molecule has 0 atom stereocenters. The molecule has 1 aliphatic rings. The first-order chi connectivity index (χ1) is 12.8. The highest BCUT2D eigenvalue weighted by Gasteiger charge is 2.33. The highest BCUT2D eigenvalue weighted by Crippen LogP contribution is 2.23. The van der Waals surface area contributed by atoms with Crippen molar-refractivity contribution in [3.63, 3.8) is 0 Å². The van der Waals surface area contributed by atoms with Crippen LogP contribution in [0.2, 0.25) is 0 Å². The molecule has 26 heavy (non-hydrogen) atoms. The van der Waals surface area contributed by atoms with Gasteiger partial charge in [-0.3, -0.25) is 4.79 Å². The molecule has 3 aromatic rings. The Morgan fingerprint density at radius 1 is 0.885 bits per heavy atom. The van der Waals surface area contributed by atoms with Crippen LogP contribution in [0.15, 0.2) is 79.0 Å². The number of carbonyl (C=O) groups is 1. The Morgan fingerprint density at radius 2 is 1.58 bits per heavy atom. The van der Waals surface area contributed by atoms with E-state index < -0.39 is 0 Å². The largest absolute Gasteiger partial charge is 0.471 e. The molecule has 1 saturated heterocycles. The van der Waals surface area contributed by atoms with Crippen LogP contribution < -0.4 is 9.47 Å². The van der Waals surface area contributed by atoms with Crippen LogP contribution in [0.5, 0.6) is 17.4 Å². The van der Waals surface area contributed by atoms with E-state index in [0.29, 0.717) is 30.3 Å². The molecule has 0 radical (unpaired) electrons. The smallest absolute Gasteiger partial charge is 0.254 e. The van der Waals surface area contributed by atoms with Gasteiger partial charge in [-0.1, -0.05) is 24.3 Å². The fourth-order valence-corrected chi connectivity index (χ4v) is 2.74. The molecule has 1 aliphatic heterocycles. The lowest BCUT2D eigenvalue weighted by molar-refractivity contribution is 0.0160. The lowest BCUT2D eigenvalue weighted by Gasteiger charge is -2.38. The van der Waals surface area contributed by atoms with Gasteiger partial charge in [-0.25, -0.2) is 4.98 Å². The molecule has 0 unspecified atom stereocenters. The normalized spacial score (nSPS) is 13.8. The van der Waals surface area contributed by atoms with Crippen molar-refractivity contribution in [1.29, 1.82) is 0 Å². The first-order valence-electron chi connectivity index (χ1n) is 8.48. The Hall–Kier alpha value is -3.34. The summed E-state index contributed by atoms with van der Waals surface area (Å²) in [5.74, 6) is 2.06. The zero-order chi connectivity index (χ0) is 17.8. The first kappa shape index (κ1) is 16.1. The van der Waals surface area contributed by atoms with Crippen molar-refractivity contribution in [2.45, 2.75) is 6.10 Å². The Labute approximate surface area is 151 Å². The zero-order valence-corrected chi connectivity index (χ0v) is 14.1. The first-order valence-corrected chi connectivity index (χ1v) is 8.48. The molecule has 0 bridgehead atoms. The average Bonchev–Trinajstić information content (AvgIpc) is 2.66. The minimum atomic E-state index is -0.00506. The van der Waals surface area contributed by atoms with Crippen molar-refractivity contribution >= 4 is 5.91 Å². The van der Waals surface area contributed by atoms with Gasteiger partial charge in [0.05, 0.1) is 13.1 Å². The fraction of sp³-hybridized carbons (Fsp3) is 0.143. The van der Waals surface area contributed by atoms with Gasteiger partial charge in [0.2, 0.25) is 5.88 Å². The molecule has 5 nitrogen and oxygen atoms in total. The van der Waals surface area contributed by atoms with Crippen LogP contribution in [-0.4, -0.2) is 35.0 Å². The van der Waals surface area contributed by atoms with E-state index in [1.807, 2.05) is 60.7 Å². The summed E-state index contributed by atoms with van der Waals surface area (Å²) in [6.07, 6.45) is 1.69. The van der Waals surface area contributed by atoms with E-state index in [2.05, 4.69) is 4.98 Å². The van der Waals surface area contributed by atoms with Crippen molar-refractivity contribution < 1.29 is 14.3 Å². The van der Waals surface area contributed by atoms with Crippen LogP contribution in [0, 0.1) is 0 Å². The molecular weight excluding hydrogens is 328 g/mol. The number of carbonyl (C=O) groups excluding carboxylic acids is 1. The molecule has 2 heterocycles.